The fraction of sp³-hybridized carbons (Fsp3) is 0.500. The summed E-state index contributed by atoms with van der Waals surface area (Å²) in [6, 6.07) is 7.46. The van der Waals surface area contributed by atoms with E-state index in [0.717, 1.165) is 24.2 Å². The molecule has 2 unspecified atom stereocenters. The predicted octanol–water partition coefficient (Wildman–Crippen LogP) is 2.79. The number of likely N-dealkylation sites (tertiary alicyclic amines) is 1. The standard InChI is InChI=1S/C16H22N2O2/c1-12-8-13(2)11-18(10-12)16(19)15-6-4-14(5-7-15)9-17-20-3/h4-7,9,12-13H,8,10-11H2,1-3H3. The summed E-state index contributed by atoms with van der Waals surface area (Å²) >= 11 is 0. The van der Waals surface area contributed by atoms with E-state index in [4.69, 9.17) is 0 Å². The monoisotopic (exact) mass is 274 g/mol. The molecule has 4 nitrogen and oxygen atoms in total. The van der Waals surface area contributed by atoms with Gasteiger partial charge in [0.2, 0.25) is 0 Å². The van der Waals surface area contributed by atoms with Gasteiger partial charge in [-0.05, 0) is 36.0 Å². The molecule has 2 atom stereocenters. The van der Waals surface area contributed by atoms with Crippen LogP contribution in [0.15, 0.2) is 29.4 Å². The Hall–Kier alpha value is -1.84. The fourth-order valence-electron chi connectivity index (χ4n) is 2.84. The third-order valence-corrected chi connectivity index (χ3v) is 3.62. The van der Waals surface area contributed by atoms with E-state index < -0.39 is 0 Å². The number of rotatable bonds is 3. The van der Waals surface area contributed by atoms with Crippen molar-refractivity contribution in [2.45, 2.75) is 20.3 Å². The molecule has 0 N–H and O–H groups in total. The minimum atomic E-state index is 0.124. The topological polar surface area (TPSA) is 41.9 Å². The largest absolute Gasteiger partial charge is 0.399 e. The number of piperidine rings is 1. The number of carbonyl (C=O) groups is 1. The lowest BCUT2D eigenvalue weighted by Crippen LogP contribution is -2.42. The zero-order valence-corrected chi connectivity index (χ0v) is 12.4. The molecule has 0 aromatic heterocycles. The lowest BCUT2D eigenvalue weighted by molar-refractivity contribution is 0.0623. The van der Waals surface area contributed by atoms with Gasteiger partial charge in [-0.3, -0.25) is 4.79 Å². The molecular weight excluding hydrogens is 252 g/mol. The normalized spacial score (nSPS) is 23.1. The molecule has 4 heteroatoms. The van der Waals surface area contributed by atoms with Gasteiger partial charge in [0.25, 0.3) is 5.91 Å². The van der Waals surface area contributed by atoms with Crippen molar-refractivity contribution < 1.29 is 9.63 Å². The summed E-state index contributed by atoms with van der Waals surface area (Å²) in [6.45, 7) is 6.13. The molecule has 0 saturated carbocycles. The molecule has 0 radical (unpaired) electrons. The molecule has 1 fully saturated rings. The van der Waals surface area contributed by atoms with Crippen molar-refractivity contribution in [1.29, 1.82) is 0 Å². The highest BCUT2D eigenvalue weighted by atomic mass is 16.6. The van der Waals surface area contributed by atoms with Crippen molar-refractivity contribution in [3.63, 3.8) is 0 Å². The number of hydrogen-bond acceptors (Lipinski definition) is 3. The molecule has 1 aromatic carbocycles. The molecule has 0 spiro atoms. The summed E-state index contributed by atoms with van der Waals surface area (Å²) in [5, 5.41) is 3.71. The van der Waals surface area contributed by atoms with Gasteiger partial charge in [-0.15, -0.1) is 0 Å². The lowest BCUT2D eigenvalue weighted by Gasteiger charge is -2.35. The summed E-state index contributed by atoms with van der Waals surface area (Å²) < 4.78 is 0. The quantitative estimate of drug-likeness (QED) is 0.628. The van der Waals surface area contributed by atoms with Crippen molar-refractivity contribution in [2.24, 2.45) is 17.0 Å². The molecule has 0 bridgehead atoms. The first kappa shape index (κ1) is 14.6. The molecular formula is C16H22N2O2. The van der Waals surface area contributed by atoms with E-state index in [-0.39, 0.29) is 5.91 Å². The van der Waals surface area contributed by atoms with E-state index >= 15 is 0 Å². The van der Waals surface area contributed by atoms with Crippen LogP contribution in [0.4, 0.5) is 0 Å². The summed E-state index contributed by atoms with van der Waals surface area (Å²) in [5.41, 5.74) is 1.66. The first-order chi connectivity index (χ1) is 9.60. The number of hydrogen-bond donors (Lipinski definition) is 0. The van der Waals surface area contributed by atoms with Crippen LogP contribution in [0.1, 0.15) is 36.2 Å². The first-order valence-electron chi connectivity index (χ1n) is 7.06. The van der Waals surface area contributed by atoms with Gasteiger partial charge >= 0.3 is 0 Å². The molecule has 1 saturated heterocycles. The molecule has 1 heterocycles. The molecule has 1 aliphatic rings. The number of benzene rings is 1. The summed E-state index contributed by atoms with van der Waals surface area (Å²) in [7, 11) is 1.51. The fourth-order valence-corrected chi connectivity index (χ4v) is 2.84. The maximum atomic E-state index is 12.5. The van der Waals surface area contributed by atoms with Crippen molar-refractivity contribution in [1.82, 2.24) is 4.90 Å². The average Bonchev–Trinajstić information content (AvgIpc) is 2.44. The molecule has 1 amide bonds. The summed E-state index contributed by atoms with van der Waals surface area (Å²) in [4.78, 5) is 19.1. The Labute approximate surface area is 120 Å². The second-order valence-corrected chi connectivity index (χ2v) is 5.70. The zero-order valence-electron chi connectivity index (χ0n) is 12.4. The second kappa shape index (κ2) is 6.55. The van der Waals surface area contributed by atoms with Crippen molar-refractivity contribution >= 4 is 12.1 Å². The lowest BCUT2D eigenvalue weighted by atomic mass is 9.91. The third-order valence-electron chi connectivity index (χ3n) is 3.62. The van der Waals surface area contributed by atoms with E-state index in [9.17, 15) is 4.79 Å². The van der Waals surface area contributed by atoms with Crippen LogP contribution in [0.3, 0.4) is 0 Å². The zero-order chi connectivity index (χ0) is 14.5. The van der Waals surface area contributed by atoms with Crippen LogP contribution >= 0.6 is 0 Å². The number of carbonyl (C=O) groups excluding carboxylic acids is 1. The molecule has 0 aliphatic carbocycles. The third kappa shape index (κ3) is 3.59. The predicted molar refractivity (Wildman–Crippen MR) is 79.9 cm³/mol. The van der Waals surface area contributed by atoms with Crippen molar-refractivity contribution in [3.05, 3.63) is 35.4 Å². The van der Waals surface area contributed by atoms with Crippen LogP contribution < -0.4 is 0 Å². The highest BCUT2D eigenvalue weighted by Crippen LogP contribution is 2.22. The van der Waals surface area contributed by atoms with Gasteiger partial charge in [0.1, 0.15) is 7.11 Å². The molecule has 2 rings (SSSR count). The Morgan fingerprint density at radius 3 is 2.40 bits per heavy atom. The maximum Gasteiger partial charge on any atom is 0.253 e. The van der Waals surface area contributed by atoms with Crippen LogP contribution in [0.25, 0.3) is 0 Å². The number of oxime groups is 1. The average molecular weight is 274 g/mol. The molecule has 20 heavy (non-hydrogen) atoms. The van der Waals surface area contributed by atoms with Crippen LogP contribution in [-0.4, -0.2) is 37.2 Å². The van der Waals surface area contributed by atoms with Gasteiger partial charge in [-0.1, -0.05) is 31.1 Å². The van der Waals surface area contributed by atoms with Gasteiger partial charge in [0.05, 0.1) is 6.21 Å². The SMILES string of the molecule is CON=Cc1ccc(C(=O)N2CC(C)CC(C)C2)cc1. The van der Waals surface area contributed by atoms with E-state index in [1.54, 1.807) is 6.21 Å². The minimum Gasteiger partial charge on any atom is -0.399 e. The summed E-state index contributed by atoms with van der Waals surface area (Å²) in [5.74, 6) is 1.28. The number of nitrogens with zero attached hydrogens (tertiary/aromatic N) is 2. The Bertz CT molecular complexity index is 472. The van der Waals surface area contributed by atoms with Gasteiger partial charge in [0, 0.05) is 18.7 Å². The van der Waals surface area contributed by atoms with Crippen LogP contribution in [0, 0.1) is 11.8 Å². The number of amides is 1. The first-order valence-corrected chi connectivity index (χ1v) is 7.06. The Balaban J connectivity index is 2.07. The van der Waals surface area contributed by atoms with E-state index in [2.05, 4.69) is 23.8 Å². The van der Waals surface area contributed by atoms with Crippen LogP contribution in [-0.2, 0) is 4.84 Å². The van der Waals surface area contributed by atoms with Crippen LogP contribution in [0.5, 0.6) is 0 Å². The highest BCUT2D eigenvalue weighted by Gasteiger charge is 2.25. The minimum absolute atomic E-state index is 0.124. The van der Waals surface area contributed by atoms with Crippen LogP contribution in [0.2, 0.25) is 0 Å². The Morgan fingerprint density at radius 2 is 1.85 bits per heavy atom. The van der Waals surface area contributed by atoms with E-state index in [1.807, 2.05) is 29.2 Å². The maximum absolute atomic E-state index is 12.5. The van der Waals surface area contributed by atoms with E-state index in [0.29, 0.717) is 11.8 Å². The molecule has 1 aromatic rings. The van der Waals surface area contributed by atoms with Crippen molar-refractivity contribution in [2.75, 3.05) is 20.2 Å². The smallest absolute Gasteiger partial charge is 0.253 e. The van der Waals surface area contributed by atoms with Gasteiger partial charge in [-0.2, -0.15) is 0 Å². The Kier molecular flexibility index (Phi) is 4.77. The van der Waals surface area contributed by atoms with Crippen molar-refractivity contribution in [3.8, 4) is 0 Å². The van der Waals surface area contributed by atoms with Gasteiger partial charge in [-0.25, -0.2) is 0 Å². The molecule has 1 aliphatic heterocycles. The van der Waals surface area contributed by atoms with Gasteiger partial charge in [0.15, 0.2) is 0 Å². The summed E-state index contributed by atoms with van der Waals surface area (Å²) in [6.07, 6.45) is 2.83. The second-order valence-electron chi connectivity index (χ2n) is 5.70. The Morgan fingerprint density at radius 1 is 1.25 bits per heavy atom. The van der Waals surface area contributed by atoms with Gasteiger partial charge < -0.3 is 9.74 Å². The highest BCUT2D eigenvalue weighted by molar-refractivity contribution is 5.95. The van der Waals surface area contributed by atoms with E-state index in [1.165, 1.54) is 13.5 Å². The molecule has 108 valence electrons.